The number of benzene rings is 1. The minimum absolute atomic E-state index is 0.0945. The lowest BCUT2D eigenvalue weighted by atomic mass is 10.0. The van der Waals surface area contributed by atoms with Crippen LogP contribution >= 0.6 is 0 Å². The Morgan fingerprint density at radius 2 is 1.81 bits per heavy atom. The third kappa shape index (κ3) is 7.32. The molecule has 6 N–H and O–H groups in total. The number of primary amides is 1. The van der Waals surface area contributed by atoms with Gasteiger partial charge in [0.05, 0.1) is 0 Å². The topological polar surface area (TPSA) is 164 Å². The van der Waals surface area contributed by atoms with Crippen molar-refractivity contribution in [2.75, 3.05) is 0 Å². The first-order chi connectivity index (χ1) is 14.5. The first-order valence-corrected chi connectivity index (χ1v) is 9.82. The van der Waals surface area contributed by atoms with Crippen LogP contribution in [0.15, 0.2) is 30.5 Å². The second kappa shape index (κ2) is 9.96. The monoisotopic (exact) mass is 432 g/mol. The summed E-state index contributed by atoms with van der Waals surface area (Å²) in [6.45, 7) is 5.06. The number of carbonyl (C=O) groups is 4. The second-order valence-electron chi connectivity index (χ2n) is 8.17. The zero-order chi connectivity index (χ0) is 23.2. The fourth-order valence-corrected chi connectivity index (χ4v) is 3.00. The van der Waals surface area contributed by atoms with Gasteiger partial charge in [-0.15, -0.1) is 0 Å². The molecule has 0 radical (unpaired) electrons. The minimum Gasteiger partial charge on any atom is -0.480 e. The number of hydrogen-bond donors (Lipinski definition) is 5. The number of ether oxygens (including phenoxy) is 1. The van der Waals surface area contributed by atoms with E-state index in [-0.39, 0.29) is 19.3 Å². The second-order valence-corrected chi connectivity index (χ2v) is 8.17. The Kier molecular flexibility index (Phi) is 7.62. The summed E-state index contributed by atoms with van der Waals surface area (Å²) < 4.78 is 5.24. The zero-order valence-corrected chi connectivity index (χ0v) is 17.7. The quantitative estimate of drug-likeness (QED) is 0.402. The summed E-state index contributed by atoms with van der Waals surface area (Å²) in [5.74, 6) is -2.70. The molecule has 2 aromatic rings. The number of aliphatic carboxylic acids is 1. The molecule has 168 valence electrons. The van der Waals surface area contributed by atoms with Crippen LogP contribution in [0.4, 0.5) is 4.79 Å². The predicted octanol–water partition coefficient (Wildman–Crippen LogP) is 1.44. The maximum atomic E-state index is 12.9. The van der Waals surface area contributed by atoms with Crippen molar-refractivity contribution < 1.29 is 29.0 Å². The van der Waals surface area contributed by atoms with Crippen molar-refractivity contribution in [3.8, 4) is 0 Å². The molecule has 2 rings (SSSR count). The van der Waals surface area contributed by atoms with E-state index in [2.05, 4.69) is 15.6 Å². The van der Waals surface area contributed by atoms with Crippen LogP contribution in [0, 0.1) is 0 Å². The van der Waals surface area contributed by atoms with Gasteiger partial charge < -0.3 is 31.2 Å². The van der Waals surface area contributed by atoms with Crippen LogP contribution in [0.2, 0.25) is 0 Å². The normalized spacial score (nSPS) is 13.3. The van der Waals surface area contributed by atoms with E-state index < -0.39 is 41.6 Å². The summed E-state index contributed by atoms with van der Waals surface area (Å²) in [7, 11) is 0. The van der Waals surface area contributed by atoms with Gasteiger partial charge in [0.2, 0.25) is 11.8 Å². The van der Waals surface area contributed by atoms with Crippen LogP contribution in [0.25, 0.3) is 10.9 Å². The molecule has 0 bridgehead atoms. The Labute approximate surface area is 179 Å². The Bertz CT molecular complexity index is 962. The third-order valence-electron chi connectivity index (χ3n) is 4.40. The van der Waals surface area contributed by atoms with Gasteiger partial charge >= 0.3 is 12.1 Å². The minimum atomic E-state index is -1.33. The molecule has 1 heterocycles. The van der Waals surface area contributed by atoms with Crippen molar-refractivity contribution in [2.24, 2.45) is 5.73 Å². The SMILES string of the molecule is CC(C)(C)OC(=O)N[C@@H](Cc1c[nH]c2ccccc12)C(=O)N[C@@H](CCC(N)=O)C(=O)O. The highest BCUT2D eigenvalue weighted by atomic mass is 16.6. The largest absolute Gasteiger partial charge is 0.480 e. The molecule has 0 aliphatic rings. The van der Waals surface area contributed by atoms with Crippen LogP contribution in [0.1, 0.15) is 39.2 Å². The Balaban J connectivity index is 2.22. The van der Waals surface area contributed by atoms with Gasteiger partial charge in [-0.3, -0.25) is 9.59 Å². The first-order valence-electron chi connectivity index (χ1n) is 9.82. The summed E-state index contributed by atoms with van der Waals surface area (Å²) in [6.07, 6.45) is 0.643. The maximum absolute atomic E-state index is 12.9. The maximum Gasteiger partial charge on any atom is 0.408 e. The van der Waals surface area contributed by atoms with Gasteiger partial charge in [0.25, 0.3) is 0 Å². The fourth-order valence-electron chi connectivity index (χ4n) is 3.00. The van der Waals surface area contributed by atoms with E-state index in [1.54, 1.807) is 27.0 Å². The highest BCUT2D eigenvalue weighted by molar-refractivity contribution is 5.91. The Hall–Kier alpha value is -3.56. The van der Waals surface area contributed by atoms with Gasteiger partial charge in [-0.05, 0) is 38.8 Å². The summed E-state index contributed by atoms with van der Waals surface area (Å²) in [5, 5.41) is 15.1. The molecule has 0 aliphatic carbocycles. The van der Waals surface area contributed by atoms with E-state index >= 15 is 0 Å². The number of alkyl carbamates (subject to hydrolysis) is 1. The lowest BCUT2D eigenvalue weighted by Crippen LogP contribution is -2.53. The predicted molar refractivity (Wildman–Crippen MR) is 113 cm³/mol. The number of fused-ring (bicyclic) bond motifs is 1. The number of nitrogens with one attached hydrogen (secondary N) is 3. The van der Waals surface area contributed by atoms with Crippen molar-refractivity contribution in [3.63, 3.8) is 0 Å². The lowest BCUT2D eigenvalue weighted by Gasteiger charge is -2.24. The summed E-state index contributed by atoms with van der Waals surface area (Å²) in [5.41, 5.74) is 5.92. The van der Waals surface area contributed by atoms with Crippen molar-refractivity contribution in [3.05, 3.63) is 36.0 Å². The van der Waals surface area contributed by atoms with Crippen LogP contribution < -0.4 is 16.4 Å². The molecular weight excluding hydrogens is 404 g/mol. The number of nitrogens with two attached hydrogens (primary N) is 1. The Morgan fingerprint density at radius 1 is 1.13 bits per heavy atom. The Morgan fingerprint density at radius 3 is 2.42 bits per heavy atom. The van der Waals surface area contributed by atoms with Crippen LogP contribution in [-0.4, -0.2) is 51.7 Å². The van der Waals surface area contributed by atoms with Crippen LogP contribution in [0.5, 0.6) is 0 Å². The van der Waals surface area contributed by atoms with Crippen molar-refractivity contribution in [1.29, 1.82) is 0 Å². The number of carboxylic acids is 1. The average Bonchev–Trinajstić information content (AvgIpc) is 3.05. The number of H-pyrrole nitrogens is 1. The zero-order valence-electron chi connectivity index (χ0n) is 17.7. The van der Waals surface area contributed by atoms with Crippen molar-refractivity contribution in [1.82, 2.24) is 15.6 Å². The number of para-hydroxylation sites is 1. The fraction of sp³-hybridized carbons (Fsp3) is 0.429. The van der Waals surface area contributed by atoms with Gasteiger partial charge in [-0.2, -0.15) is 0 Å². The molecular formula is C21H28N4O6. The molecule has 0 spiro atoms. The van der Waals surface area contributed by atoms with Gasteiger partial charge in [-0.1, -0.05) is 18.2 Å². The van der Waals surface area contributed by atoms with Crippen LogP contribution in [-0.2, 0) is 25.5 Å². The highest BCUT2D eigenvalue weighted by Gasteiger charge is 2.29. The molecule has 0 saturated heterocycles. The molecule has 1 aromatic carbocycles. The molecule has 1 aromatic heterocycles. The number of rotatable bonds is 9. The van der Waals surface area contributed by atoms with Gasteiger partial charge in [-0.25, -0.2) is 9.59 Å². The van der Waals surface area contributed by atoms with Gasteiger partial charge in [0, 0.05) is 29.9 Å². The molecule has 0 unspecified atom stereocenters. The number of carboxylic acid groups (broad SMARTS) is 1. The number of amides is 3. The molecule has 10 heteroatoms. The molecule has 2 atom stereocenters. The number of hydrogen-bond acceptors (Lipinski definition) is 5. The van der Waals surface area contributed by atoms with E-state index in [0.717, 1.165) is 16.5 Å². The number of aromatic nitrogens is 1. The first kappa shape index (κ1) is 23.7. The molecule has 10 nitrogen and oxygen atoms in total. The van der Waals surface area contributed by atoms with E-state index in [0.29, 0.717) is 0 Å². The van der Waals surface area contributed by atoms with Gasteiger partial charge in [0.15, 0.2) is 0 Å². The summed E-state index contributed by atoms with van der Waals surface area (Å²) in [6, 6.07) is 5.02. The van der Waals surface area contributed by atoms with E-state index in [9.17, 15) is 24.3 Å². The van der Waals surface area contributed by atoms with Crippen LogP contribution in [0.3, 0.4) is 0 Å². The van der Waals surface area contributed by atoms with Crippen molar-refractivity contribution in [2.45, 2.75) is 57.7 Å². The smallest absolute Gasteiger partial charge is 0.408 e. The van der Waals surface area contributed by atoms with E-state index in [1.165, 1.54) is 0 Å². The lowest BCUT2D eigenvalue weighted by molar-refractivity contribution is -0.142. The standard InChI is InChI=1S/C21H28N4O6/c1-21(2,3)31-20(30)25-16(10-12-11-23-14-7-5-4-6-13(12)14)18(27)24-15(19(28)29)8-9-17(22)26/h4-7,11,15-16,23H,8-10H2,1-3H3,(H2,22,26)(H,24,27)(H,25,30)(H,28,29)/t15-,16-/m0/s1. The van der Waals surface area contributed by atoms with E-state index in [4.69, 9.17) is 10.5 Å². The van der Waals surface area contributed by atoms with Crippen molar-refractivity contribution >= 4 is 34.8 Å². The molecule has 31 heavy (non-hydrogen) atoms. The molecule has 0 saturated carbocycles. The number of carbonyl (C=O) groups excluding carboxylic acids is 3. The molecule has 3 amide bonds. The average molecular weight is 432 g/mol. The third-order valence-corrected chi connectivity index (χ3v) is 4.40. The van der Waals surface area contributed by atoms with E-state index in [1.807, 2.05) is 24.3 Å². The highest BCUT2D eigenvalue weighted by Crippen LogP contribution is 2.19. The van der Waals surface area contributed by atoms with Gasteiger partial charge in [0.1, 0.15) is 17.7 Å². The number of aromatic amines is 1. The molecule has 0 aliphatic heterocycles. The molecule has 0 fully saturated rings. The summed E-state index contributed by atoms with van der Waals surface area (Å²) in [4.78, 5) is 50.8. The summed E-state index contributed by atoms with van der Waals surface area (Å²) >= 11 is 0.